The molecule has 0 aliphatic heterocycles. The van der Waals surface area contributed by atoms with Gasteiger partial charge >= 0.3 is 5.97 Å². The van der Waals surface area contributed by atoms with Crippen LogP contribution in [0.2, 0.25) is 0 Å². The molecule has 1 amide bonds. The molecule has 6 nitrogen and oxygen atoms in total. The number of aryl methyl sites for hydroxylation is 1. The number of amides is 1. The number of rotatable bonds is 9. The van der Waals surface area contributed by atoms with Gasteiger partial charge in [-0.05, 0) is 49.6 Å². The highest BCUT2D eigenvalue weighted by Gasteiger charge is 2.17. The van der Waals surface area contributed by atoms with Crippen LogP contribution in [-0.2, 0) is 27.3 Å². The van der Waals surface area contributed by atoms with Gasteiger partial charge in [-0.2, -0.15) is 0 Å². The number of carbonyl (C=O) groups excluding carboxylic acids is 2. The number of esters is 1. The van der Waals surface area contributed by atoms with Crippen LogP contribution < -0.4 is 10.1 Å². The van der Waals surface area contributed by atoms with Gasteiger partial charge in [0.25, 0.3) is 5.91 Å². The predicted molar refractivity (Wildman–Crippen MR) is 113 cm³/mol. The molecule has 7 heteroatoms. The average molecular weight is 413 g/mol. The number of ether oxygens (including phenoxy) is 2. The van der Waals surface area contributed by atoms with Crippen LogP contribution in [0.15, 0.2) is 48.5 Å². The third-order valence-electron chi connectivity index (χ3n) is 4.41. The molecule has 152 valence electrons. The number of hydrogen-bond acceptors (Lipinski definition) is 6. The smallest absolute Gasteiger partial charge is 0.306 e. The normalized spacial score (nSPS) is 11.8. The molecular weight excluding hydrogens is 388 g/mol. The summed E-state index contributed by atoms with van der Waals surface area (Å²) in [5.74, 6) is 0.0618. The van der Waals surface area contributed by atoms with Crippen molar-refractivity contribution in [1.82, 2.24) is 10.3 Å². The zero-order chi connectivity index (χ0) is 20.6. The van der Waals surface area contributed by atoms with Crippen molar-refractivity contribution >= 4 is 33.4 Å². The van der Waals surface area contributed by atoms with Crippen LogP contribution in [0.4, 0.5) is 0 Å². The van der Waals surface area contributed by atoms with E-state index in [0.29, 0.717) is 19.4 Å². The van der Waals surface area contributed by atoms with Gasteiger partial charge in [0, 0.05) is 13.0 Å². The lowest BCUT2D eigenvalue weighted by molar-refractivity contribution is -0.154. The van der Waals surface area contributed by atoms with E-state index in [1.165, 1.54) is 0 Å². The number of para-hydroxylation sites is 1. The van der Waals surface area contributed by atoms with Gasteiger partial charge in [0.2, 0.25) is 0 Å². The van der Waals surface area contributed by atoms with Crippen LogP contribution in [0.5, 0.6) is 5.75 Å². The third kappa shape index (κ3) is 6.02. The summed E-state index contributed by atoms with van der Waals surface area (Å²) < 4.78 is 11.5. The van der Waals surface area contributed by atoms with E-state index in [1.807, 2.05) is 48.5 Å². The van der Waals surface area contributed by atoms with E-state index in [-0.39, 0.29) is 18.3 Å². The highest BCUT2D eigenvalue weighted by Crippen LogP contribution is 2.22. The van der Waals surface area contributed by atoms with E-state index >= 15 is 0 Å². The lowest BCUT2D eigenvalue weighted by Gasteiger charge is -2.13. The topological polar surface area (TPSA) is 77.5 Å². The van der Waals surface area contributed by atoms with E-state index in [9.17, 15) is 9.59 Å². The number of nitrogens with zero attached hydrogens (tertiary/aromatic N) is 1. The standard InChI is InChI=1S/C22H24N2O4S/c1-15(22(26)23-14-16-10-12-17(27-2)13-11-16)28-21(25)9-5-8-20-24-18-6-3-4-7-19(18)29-20/h3-4,6-7,10-13,15H,5,8-9,14H2,1-2H3,(H,23,26)/t15-/m1/s1. The Hall–Kier alpha value is -2.93. The summed E-state index contributed by atoms with van der Waals surface area (Å²) in [5.41, 5.74) is 1.92. The Balaban J connectivity index is 1.37. The highest BCUT2D eigenvalue weighted by atomic mass is 32.1. The van der Waals surface area contributed by atoms with Crippen molar-refractivity contribution < 1.29 is 19.1 Å². The lowest BCUT2D eigenvalue weighted by Crippen LogP contribution is -2.35. The number of hydrogen-bond donors (Lipinski definition) is 1. The Bertz CT molecular complexity index is 935. The molecule has 0 aliphatic carbocycles. The Morgan fingerprint density at radius 1 is 1.14 bits per heavy atom. The first-order valence-electron chi connectivity index (χ1n) is 9.49. The van der Waals surface area contributed by atoms with E-state index in [1.54, 1.807) is 25.4 Å². The Labute approximate surface area is 173 Å². The molecule has 0 bridgehead atoms. The molecule has 0 radical (unpaired) electrons. The van der Waals surface area contributed by atoms with Crippen LogP contribution >= 0.6 is 11.3 Å². The van der Waals surface area contributed by atoms with Crippen LogP contribution in [0.3, 0.4) is 0 Å². The molecule has 1 N–H and O–H groups in total. The largest absolute Gasteiger partial charge is 0.497 e. The summed E-state index contributed by atoms with van der Waals surface area (Å²) in [7, 11) is 1.60. The van der Waals surface area contributed by atoms with Gasteiger partial charge in [-0.15, -0.1) is 11.3 Å². The number of thiazole rings is 1. The molecule has 1 heterocycles. The predicted octanol–water partition coefficient (Wildman–Crippen LogP) is 3.88. The Kier molecular flexibility index (Phi) is 7.19. The van der Waals surface area contributed by atoms with Gasteiger partial charge in [0.15, 0.2) is 6.10 Å². The fourth-order valence-electron chi connectivity index (χ4n) is 2.80. The molecule has 0 saturated heterocycles. The quantitative estimate of drug-likeness (QED) is 0.540. The Morgan fingerprint density at radius 2 is 1.90 bits per heavy atom. The van der Waals surface area contributed by atoms with E-state index in [0.717, 1.165) is 26.5 Å². The van der Waals surface area contributed by atoms with Gasteiger partial charge in [-0.25, -0.2) is 4.98 Å². The molecular formula is C22H24N2O4S. The van der Waals surface area contributed by atoms with Crippen LogP contribution in [0, 0.1) is 0 Å². The van der Waals surface area contributed by atoms with Crippen molar-refractivity contribution in [2.45, 2.75) is 38.8 Å². The van der Waals surface area contributed by atoms with Crippen molar-refractivity contribution in [3.05, 3.63) is 59.1 Å². The third-order valence-corrected chi connectivity index (χ3v) is 5.51. The van der Waals surface area contributed by atoms with Crippen LogP contribution in [-0.4, -0.2) is 30.1 Å². The fourth-order valence-corrected chi connectivity index (χ4v) is 3.81. The number of fused-ring (bicyclic) bond motifs is 1. The van der Waals surface area contributed by atoms with E-state index in [2.05, 4.69) is 10.3 Å². The van der Waals surface area contributed by atoms with Crippen molar-refractivity contribution in [3.8, 4) is 5.75 Å². The fraction of sp³-hybridized carbons (Fsp3) is 0.318. The molecule has 0 unspecified atom stereocenters. The second-order valence-corrected chi connectivity index (χ2v) is 7.74. The monoisotopic (exact) mass is 412 g/mol. The lowest BCUT2D eigenvalue weighted by atomic mass is 10.2. The van der Waals surface area contributed by atoms with Gasteiger partial charge in [0.1, 0.15) is 5.75 Å². The molecule has 0 aliphatic rings. The van der Waals surface area contributed by atoms with Crippen molar-refractivity contribution in [2.75, 3.05) is 7.11 Å². The van der Waals surface area contributed by atoms with Crippen LogP contribution in [0.25, 0.3) is 10.2 Å². The summed E-state index contributed by atoms with van der Waals surface area (Å²) in [5, 5.41) is 3.78. The Morgan fingerprint density at radius 3 is 2.62 bits per heavy atom. The maximum absolute atomic E-state index is 12.1. The molecule has 1 atom stereocenters. The maximum Gasteiger partial charge on any atom is 0.306 e. The number of carbonyl (C=O) groups is 2. The minimum atomic E-state index is -0.830. The molecule has 2 aromatic carbocycles. The number of aromatic nitrogens is 1. The molecule has 0 spiro atoms. The summed E-state index contributed by atoms with van der Waals surface area (Å²) in [6.45, 7) is 1.94. The van der Waals surface area contributed by atoms with E-state index < -0.39 is 6.10 Å². The van der Waals surface area contributed by atoms with Crippen molar-refractivity contribution in [3.63, 3.8) is 0 Å². The van der Waals surface area contributed by atoms with Gasteiger partial charge < -0.3 is 14.8 Å². The van der Waals surface area contributed by atoms with Gasteiger partial charge in [-0.3, -0.25) is 9.59 Å². The average Bonchev–Trinajstić information content (AvgIpc) is 3.15. The summed E-state index contributed by atoms with van der Waals surface area (Å²) in [4.78, 5) is 28.7. The minimum absolute atomic E-state index is 0.256. The molecule has 3 rings (SSSR count). The highest BCUT2D eigenvalue weighted by molar-refractivity contribution is 7.18. The summed E-state index contributed by atoms with van der Waals surface area (Å²) >= 11 is 1.64. The number of nitrogens with one attached hydrogen (secondary N) is 1. The van der Waals surface area contributed by atoms with Crippen LogP contribution in [0.1, 0.15) is 30.3 Å². The number of benzene rings is 2. The zero-order valence-corrected chi connectivity index (χ0v) is 17.3. The molecule has 29 heavy (non-hydrogen) atoms. The van der Waals surface area contributed by atoms with Crippen molar-refractivity contribution in [1.29, 1.82) is 0 Å². The van der Waals surface area contributed by atoms with Gasteiger partial charge in [-0.1, -0.05) is 24.3 Å². The maximum atomic E-state index is 12.1. The first-order chi connectivity index (χ1) is 14.0. The zero-order valence-electron chi connectivity index (χ0n) is 16.5. The second-order valence-electron chi connectivity index (χ2n) is 6.63. The molecule has 1 aromatic heterocycles. The molecule has 3 aromatic rings. The minimum Gasteiger partial charge on any atom is -0.497 e. The second kappa shape index (κ2) is 10.0. The first kappa shape index (κ1) is 20.8. The van der Waals surface area contributed by atoms with Crippen molar-refractivity contribution in [2.24, 2.45) is 0 Å². The SMILES string of the molecule is COc1ccc(CNC(=O)[C@@H](C)OC(=O)CCCc2nc3ccccc3s2)cc1. The number of methoxy groups -OCH3 is 1. The molecule has 0 saturated carbocycles. The van der Waals surface area contributed by atoms with E-state index in [4.69, 9.17) is 9.47 Å². The summed E-state index contributed by atoms with van der Waals surface area (Å²) in [6.07, 6.45) is 0.778. The summed E-state index contributed by atoms with van der Waals surface area (Å²) in [6, 6.07) is 15.4. The van der Waals surface area contributed by atoms with Gasteiger partial charge in [0.05, 0.1) is 22.3 Å². The first-order valence-corrected chi connectivity index (χ1v) is 10.3. The molecule has 0 fully saturated rings.